The first-order chi connectivity index (χ1) is 13.6. The maximum atomic E-state index is 13.2. The molecule has 0 saturated carbocycles. The summed E-state index contributed by atoms with van der Waals surface area (Å²) in [5, 5.41) is 6.61. The Balaban J connectivity index is 1.63. The molecular weight excluding hydrogens is 412 g/mol. The molecule has 0 radical (unpaired) electrons. The number of nitrogens with zero attached hydrogens (tertiary/aromatic N) is 2. The van der Waals surface area contributed by atoms with Crippen molar-refractivity contribution in [3.63, 3.8) is 0 Å². The van der Waals surface area contributed by atoms with Gasteiger partial charge in [-0.05, 0) is 29.8 Å². The fourth-order valence-corrected chi connectivity index (χ4v) is 3.93. The van der Waals surface area contributed by atoms with Crippen molar-refractivity contribution in [1.29, 1.82) is 0 Å². The summed E-state index contributed by atoms with van der Waals surface area (Å²) in [6, 6.07) is 9.91. The van der Waals surface area contributed by atoms with Crippen LogP contribution in [-0.2, 0) is 29.0 Å². The molecule has 0 saturated heterocycles. The number of nitrogens with one attached hydrogen (secondary N) is 2. The van der Waals surface area contributed by atoms with E-state index in [1.807, 2.05) is 0 Å². The Morgan fingerprint density at radius 2 is 1.83 bits per heavy atom. The van der Waals surface area contributed by atoms with E-state index in [1.54, 1.807) is 12.1 Å². The second-order valence-corrected chi connectivity index (χ2v) is 7.88. The van der Waals surface area contributed by atoms with Gasteiger partial charge in [-0.3, -0.25) is 5.10 Å². The van der Waals surface area contributed by atoms with Crippen molar-refractivity contribution in [2.45, 2.75) is 23.9 Å². The number of alkyl halides is 3. The minimum absolute atomic E-state index is 0.0626. The molecule has 0 atom stereocenters. The van der Waals surface area contributed by atoms with Crippen LogP contribution in [0.5, 0.6) is 0 Å². The summed E-state index contributed by atoms with van der Waals surface area (Å²) in [4.78, 5) is 3.34. The minimum atomic E-state index is -4.79. The molecular formula is C18H16F4N4O2S. The summed E-state index contributed by atoms with van der Waals surface area (Å²) in [7, 11) is -4.37. The quantitative estimate of drug-likeness (QED) is 0.566. The Morgan fingerprint density at radius 3 is 2.55 bits per heavy atom. The highest BCUT2D eigenvalue weighted by Crippen LogP contribution is 2.33. The van der Waals surface area contributed by atoms with Gasteiger partial charge in [0.15, 0.2) is 5.82 Å². The van der Waals surface area contributed by atoms with Crippen molar-refractivity contribution in [2.75, 3.05) is 6.54 Å². The van der Waals surface area contributed by atoms with Crippen LogP contribution in [0.2, 0.25) is 0 Å². The molecule has 0 aliphatic rings. The standard InChI is InChI=1S/C18H16F4N4O2S/c19-13-5-3-4-12(10-13)11-17-24-16(25-26-17)8-9-23-29(27,28)15-7-2-1-6-14(15)18(20,21)22/h1-7,10,23H,8-9,11H2,(H,24,25,26). The largest absolute Gasteiger partial charge is 0.417 e. The molecule has 3 aromatic rings. The minimum Gasteiger partial charge on any atom is -0.263 e. The van der Waals surface area contributed by atoms with E-state index < -0.39 is 26.7 Å². The Labute approximate surface area is 164 Å². The predicted molar refractivity (Wildman–Crippen MR) is 95.9 cm³/mol. The maximum absolute atomic E-state index is 13.2. The van der Waals surface area contributed by atoms with Crippen molar-refractivity contribution < 1.29 is 26.0 Å². The second-order valence-electron chi connectivity index (χ2n) is 6.15. The fourth-order valence-electron chi connectivity index (χ4n) is 2.68. The molecule has 0 aliphatic heterocycles. The lowest BCUT2D eigenvalue weighted by atomic mass is 10.1. The maximum Gasteiger partial charge on any atom is 0.417 e. The normalized spacial score (nSPS) is 12.3. The number of benzene rings is 2. The van der Waals surface area contributed by atoms with Gasteiger partial charge >= 0.3 is 6.18 Å². The first kappa shape index (κ1) is 20.9. The number of hydrogen-bond donors (Lipinski definition) is 2. The third-order valence-electron chi connectivity index (χ3n) is 3.96. The smallest absolute Gasteiger partial charge is 0.263 e. The third-order valence-corrected chi connectivity index (χ3v) is 5.48. The van der Waals surface area contributed by atoms with Crippen LogP contribution in [0.3, 0.4) is 0 Å². The van der Waals surface area contributed by atoms with Crippen LogP contribution in [0.4, 0.5) is 17.6 Å². The SMILES string of the molecule is O=S(=O)(NCCc1n[nH]c(Cc2cccc(F)c2)n1)c1ccccc1C(F)(F)F. The predicted octanol–water partition coefficient (Wildman–Crippen LogP) is 3.07. The summed E-state index contributed by atoms with van der Waals surface area (Å²) in [5.41, 5.74) is -0.556. The van der Waals surface area contributed by atoms with Gasteiger partial charge in [0.05, 0.1) is 10.5 Å². The summed E-state index contributed by atoms with van der Waals surface area (Å²) >= 11 is 0. The number of aromatic nitrogens is 3. The molecule has 0 bridgehead atoms. The number of hydrogen-bond acceptors (Lipinski definition) is 4. The highest BCUT2D eigenvalue weighted by molar-refractivity contribution is 7.89. The number of H-pyrrole nitrogens is 1. The highest BCUT2D eigenvalue weighted by atomic mass is 32.2. The van der Waals surface area contributed by atoms with Crippen LogP contribution < -0.4 is 4.72 Å². The van der Waals surface area contributed by atoms with E-state index in [4.69, 9.17) is 0 Å². The van der Waals surface area contributed by atoms with E-state index in [0.717, 1.165) is 12.1 Å². The molecule has 11 heteroatoms. The zero-order valence-corrected chi connectivity index (χ0v) is 15.7. The van der Waals surface area contributed by atoms with Crippen LogP contribution in [0.1, 0.15) is 22.8 Å². The van der Waals surface area contributed by atoms with Gasteiger partial charge in [0.1, 0.15) is 11.6 Å². The van der Waals surface area contributed by atoms with E-state index in [9.17, 15) is 26.0 Å². The molecule has 0 unspecified atom stereocenters. The topological polar surface area (TPSA) is 87.7 Å². The number of rotatable bonds is 7. The lowest BCUT2D eigenvalue weighted by Crippen LogP contribution is -2.28. The second kappa shape index (κ2) is 8.29. The van der Waals surface area contributed by atoms with Gasteiger partial charge < -0.3 is 0 Å². The lowest BCUT2D eigenvalue weighted by Gasteiger charge is -2.13. The molecule has 2 aromatic carbocycles. The van der Waals surface area contributed by atoms with Crippen molar-refractivity contribution in [2.24, 2.45) is 0 Å². The average molecular weight is 428 g/mol. The van der Waals surface area contributed by atoms with Gasteiger partial charge in [-0.1, -0.05) is 24.3 Å². The number of sulfonamides is 1. The molecule has 6 nitrogen and oxygen atoms in total. The van der Waals surface area contributed by atoms with Gasteiger partial charge in [-0.2, -0.15) is 18.3 Å². The Hall–Kier alpha value is -2.79. The molecule has 1 aromatic heterocycles. The highest BCUT2D eigenvalue weighted by Gasteiger charge is 2.36. The van der Waals surface area contributed by atoms with Crippen LogP contribution in [0.15, 0.2) is 53.4 Å². The molecule has 154 valence electrons. The molecule has 0 aliphatic carbocycles. The van der Waals surface area contributed by atoms with E-state index >= 15 is 0 Å². The van der Waals surface area contributed by atoms with Crippen molar-refractivity contribution >= 4 is 10.0 Å². The summed E-state index contributed by atoms with van der Waals surface area (Å²) in [6.07, 6.45) is -4.43. The van der Waals surface area contributed by atoms with Gasteiger partial charge in [0, 0.05) is 19.4 Å². The lowest BCUT2D eigenvalue weighted by molar-refractivity contribution is -0.139. The van der Waals surface area contributed by atoms with Crippen LogP contribution in [0.25, 0.3) is 0 Å². The zero-order chi connectivity index (χ0) is 21.1. The van der Waals surface area contributed by atoms with Gasteiger partial charge in [0.25, 0.3) is 0 Å². The first-order valence-electron chi connectivity index (χ1n) is 8.45. The zero-order valence-electron chi connectivity index (χ0n) is 14.9. The summed E-state index contributed by atoms with van der Waals surface area (Å²) < 4.78 is 79.0. The average Bonchev–Trinajstić information content (AvgIpc) is 3.08. The van der Waals surface area contributed by atoms with E-state index in [0.29, 0.717) is 23.9 Å². The molecule has 0 amide bonds. The summed E-state index contributed by atoms with van der Waals surface area (Å²) in [6.45, 7) is -0.189. The molecule has 3 rings (SSSR count). The monoisotopic (exact) mass is 428 g/mol. The number of halogens is 4. The van der Waals surface area contributed by atoms with Crippen LogP contribution in [0, 0.1) is 5.82 Å². The van der Waals surface area contributed by atoms with E-state index in [-0.39, 0.29) is 24.6 Å². The van der Waals surface area contributed by atoms with Gasteiger partial charge in [-0.25, -0.2) is 22.5 Å². The van der Waals surface area contributed by atoms with Crippen molar-refractivity contribution in [3.05, 3.63) is 77.1 Å². The van der Waals surface area contributed by atoms with Crippen molar-refractivity contribution in [1.82, 2.24) is 19.9 Å². The van der Waals surface area contributed by atoms with E-state index in [2.05, 4.69) is 19.9 Å². The molecule has 0 fully saturated rings. The van der Waals surface area contributed by atoms with Crippen LogP contribution in [-0.4, -0.2) is 30.1 Å². The molecule has 29 heavy (non-hydrogen) atoms. The Morgan fingerprint density at radius 1 is 1.07 bits per heavy atom. The molecule has 0 spiro atoms. The summed E-state index contributed by atoms with van der Waals surface area (Å²) in [5.74, 6) is 0.356. The first-order valence-corrected chi connectivity index (χ1v) is 9.94. The Bertz CT molecular complexity index is 1100. The molecule has 1 heterocycles. The van der Waals surface area contributed by atoms with Crippen LogP contribution >= 0.6 is 0 Å². The molecule has 2 N–H and O–H groups in total. The Kier molecular flexibility index (Phi) is 5.99. The van der Waals surface area contributed by atoms with E-state index in [1.165, 1.54) is 18.2 Å². The third kappa shape index (κ3) is 5.39. The fraction of sp³-hybridized carbons (Fsp3) is 0.222. The van der Waals surface area contributed by atoms with Crippen molar-refractivity contribution in [3.8, 4) is 0 Å². The van der Waals surface area contributed by atoms with Gasteiger partial charge in [0.2, 0.25) is 10.0 Å². The number of aromatic amines is 1. The van der Waals surface area contributed by atoms with Gasteiger partial charge in [-0.15, -0.1) is 0 Å².